The molecule has 766 valence electrons. The van der Waals surface area contributed by atoms with E-state index in [0.29, 0.717) is 137 Å². The largest absolute Gasteiger partial charge is 0.460 e. The summed E-state index contributed by atoms with van der Waals surface area (Å²) >= 11 is 0. The monoisotopic (exact) mass is 1890 g/mol. The highest BCUT2D eigenvalue weighted by molar-refractivity contribution is 5.93. The molecule has 8 N–H and O–H groups in total. The molecule has 0 bridgehead atoms. The number of ketones is 5. The number of carbonyl (C=O) groups excluding carboxylic acids is 13. The summed E-state index contributed by atoms with van der Waals surface area (Å²) in [5, 5.41) is 39.8. The summed E-state index contributed by atoms with van der Waals surface area (Å²) in [5.74, 6) is -5.36. The second-order valence-electron chi connectivity index (χ2n) is 39.5. The predicted molar refractivity (Wildman–Crippen MR) is 502 cm³/mol. The number of hydrogen-bond acceptors (Lipinski definition) is 30. The third kappa shape index (κ3) is 68.4. The molecular formula is C96H176N10O26. The van der Waals surface area contributed by atoms with Gasteiger partial charge in [0.25, 0.3) is 0 Å². The van der Waals surface area contributed by atoms with E-state index in [1.54, 1.807) is 20.8 Å². The van der Waals surface area contributed by atoms with Crippen LogP contribution in [0.25, 0.3) is 0 Å². The number of amides is 6. The van der Waals surface area contributed by atoms with Gasteiger partial charge in [-0.1, -0.05) is 69.2 Å². The normalized spacial score (nSPS) is 15.4. The zero-order valence-corrected chi connectivity index (χ0v) is 84.4. The summed E-state index contributed by atoms with van der Waals surface area (Å²) in [6.07, 6.45) is 0.132. The molecule has 6 amide bonds. The molecule has 0 aromatic carbocycles. The van der Waals surface area contributed by atoms with Crippen molar-refractivity contribution < 1.29 is 125 Å². The molecule has 0 spiro atoms. The number of carbonyl (C=O) groups is 13. The van der Waals surface area contributed by atoms with E-state index in [2.05, 4.69) is 31.9 Å². The molecular weight excluding hydrogens is 1710 g/mol. The van der Waals surface area contributed by atoms with Crippen molar-refractivity contribution in [2.75, 3.05) is 210 Å². The number of esters is 2. The molecule has 1 fully saturated rings. The van der Waals surface area contributed by atoms with Gasteiger partial charge in [0.2, 0.25) is 29.5 Å². The number of ether oxygens (including phenoxy) is 11. The van der Waals surface area contributed by atoms with Gasteiger partial charge in [0, 0.05) is 162 Å². The van der Waals surface area contributed by atoms with Gasteiger partial charge in [-0.3, -0.25) is 77.1 Å². The molecule has 0 aromatic heterocycles. The lowest BCUT2D eigenvalue weighted by atomic mass is 9.83. The molecule has 36 nitrogen and oxygen atoms in total. The predicted octanol–water partition coefficient (Wildman–Crippen LogP) is 6.82. The zero-order valence-electron chi connectivity index (χ0n) is 84.4. The van der Waals surface area contributed by atoms with Crippen molar-refractivity contribution in [2.45, 2.75) is 282 Å². The third-order valence-corrected chi connectivity index (χ3v) is 21.0. The van der Waals surface area contributed by atoms with Crippen LogP contribution >= 0.6 is 0 Å². The summed E-state index contributed by atoms with van der Waals surface area (Å²) in [6.45, 7) is 45.3. The second-order valence-corrected chi connectivity index (χ2v) is 39.5. The van der Waals surface area contributed by atoms with Crippen molar-refractivity contribution in [2.24, 2.45) is 47.3 Å². The lowest BCUT2D eigenvalue weighted by Gasteiger charge is -2.33. The number of alkyl carbamates (subject to hydrolysis) is 1. The molecule has 36 heteroatoms. The van der Waals surface area contributed by atoms with Crippen LogP contribution < -0.4 is 31.9 Å². The Hall–Kier alpha value is -6.65. The Balaban J connectivity index is 3.07. The van der Waals surface area contributed by atoms with Crippen LogP contribution in [0.15, 0.2) is 0 Å². The Labute approximate surface area is 789 Å². The van der Waals surface area contributed by atoms with Crippen molar-refractivity contribution in [1.82, 2.24) is 51.5 Å². The number of rotatable bonds is 73. The van der Waals surface area contributed by atoms with Crippen LogP contribution in [0.1, 0.15) is 241 Å². The van der Waals surface area contributed by atoms with E-state index in [0.717, 1.165) is 0 Å². The molecule has 0 aromatic rings. The lowest BCUT2D eigenvalue weighted by molar-refractivity contribution is -0.156. The summed E-state index contributed by atoms with van der Waals surface area (Å²) in [6, 6.07) is -1.89. The SMILES string of the molecule is CC(C)CC(=O)C[C@H](C(=O)N[C@H](C(=O)C[C@@H](CC(C)C)[C@@H](O)CC(=O)N[C@@H](C)C(=O)C[C@@H](CC(C)C)[C@@H](O)CC(=O)NCCOCCOCCCC(=O)CN1CCN(CC(=O)CCCOCCOCCNC(=O)OC(C)(C)C)CCN(CC(=O)NCCOCCOCCCC(=O)OC(C)(C)C)CCN(CC(=O)NCCOCCOCCCC(=O)OC(C)(C)C)CC1)C(C)C)C(C)C. The molecule has 132 heavy (non-hydrogen) atoms. The van der Waals surface area contributed by atoms with Gasteiger partial charge < -0.3 is 94.2 Å². The molecule has 0 radical (unpaired) electrons. The van der Waals surface area contributed by atoms with Gasteiger partial charge in [-0.15, -0.1) is 0 Å². The molecule has 1 aliphatic heterocycles. The fraction of sp³-hybridized carbons (Fsp3) is 0.865. The number of nitrogens with one attached hydrogen (secondary N) is 6. The van der Waals surface area contributed by atoms with Crippen LogP contribution in [0, 0.1) is 47.3 Å². The fourth-order valence-corrected chi connectivity index (χ4v) is 14.4. The smallest absolute Gasteiger partial charge is 0.407 e. The fourth-order valence-electron chi connectivity index (χ4n) is 14.4. The first-order valence-electron chi connectivity index (χ1n) is 48.4. The first kappa shape index (κ1) is 123. The number of Topliss-reactive ketones (excluding diaryl/α,β-unsaturated/α-hetero) is 5. The van der Waals surface area contributed by atoms with Crippen molar-refractivity contribution in [3.05, 3.63) is 0 Å². The minimum absolute atomic E-state index is 0.0104. The summed E-state index contributed by atoms with van der Waals surface area (Å²) in [5.41, 5.74) is -1.74. The van der Waals surface area contributed by atoms with Crippen molar-refractivity contribution in [1.29, 1.82) is 0 Å². The van der Waals surface area contributed by atoms with Crippen LogP contribution in [-0.2, 0) is 110 Å². The standard InChI is InChI=1S/C96H176N10O26/c1-69(2)57-75(60-81(110)74(11)101-86(115)64-83(112)76(58-70(3)4)61-84(113)91(73(9)10)102-92(120)80(72(7)8)62-79(109)59-71(5)6)82(111)63-85(114)97-29-45-126-53-49-122-41-21-25-77(107)65-103-33-34-104(66-78(108)26-22-42-123-50-56-129-48-32-100-93(121)132-96(18,19)20)36-38-106(68-88(117)99-31-47-128-55-52-125-44-24-28-90(119)131-95(15,16)17)40-39-105(37-35-103)67-87(116)98-30-46-127-54-51-124-43-23-27-89(118)130-94(12,13)14/h69-76,80,82-83,91,111-112H,21-68H2,1-20H3,(H,97,114)(H,98,116)(H,99,117)(H,100,121)(H,101,115)(H,102,120)/t74-,75+,76+,80-,82-,83-,91-/m0/s1. The van der Waals surface area contributed by atoms with Crippen molar-refractivity contribution >= 4 is 76.5 Å². The maximum Gasteiger partial charge on any atom is 0.407 e. The number of hydrogen-bond donors (Lipinski definition) is 8. The van der Waals surface area contributed by atoms with E-state index in [1.165, 1.54) is 6.92 Å². The third-order valence-electron chi connectivity index (χ3n) is 21.0. The Bertz CT molecular complexity index is 3200. The summed E-state index contributed by atoms with van der Waals surface area (Å²) in [4.78, 5) is 180. The molecule has 0 aliphatic carbocycles. The quantitative estimate of drug-likeness (QED) is 0.0176. The van der Waals surface area contributed by atoms with Gasteiger partial charge >= 0.3 is 18.0 Å². The molecule has 1 heterocycles. The highest BCUT2D eigenvalue weighted by Crippen LogP contribution is 2.27. The van der Waals surface area contributed by atoms with Gasteiger partial charge in [-0.2, -0.15) is 0 Å². The Morgan fingerprint density at radius 2 is 0.644 bits per heavy atom. The van der Waals surface area contributed by atoms with Crippen molar-refractivity contribution in [3.8, 4) is 0 Å². The summed E-state index contributed by atoms with van der Waals surface area (Å²) < 4.78 is 61.6. The van der Waals surface area contributed by atoms with Crippen LogP contribution in [0.5, 0.6) is 0 Å². The molecule has 7 atom stereocenters. The number of nitrogens with zero attached hydrogens (tertiary/aromatic N) is 4. The zero-order chi connectivity index (χ0) is 99.2. The Kier molecular flexibility index (Phi) is 66.3. The minimum Gasteiger partial charge on any atom is -0.460 e. The van der Waals surface area contributed by atoms with Gasteiger partial charge in [-0.05, 0) is 149 Å². The van der Waals surface area contributed by atoms with Gasteiger partial charge in [0.1, 0.15) is 34.2 Å². The first-order chi connectivity index (χ1) is 62.1. The van der Waals surface area contributed by atoms with Gasteiger partial charge in [0.15, 0.2) is 11.6 Å². The molecule has 1 aliphatic rings. The van der Waals surface area contributed by atoms with E-state index >= 15 is 0 Å². The topological polar surface area (TPSA) is 449 Å². The summed E-state index contributed by atoms with van der Waals surface area (Å²) in [7, 11) is 0. The number of aliphatic hydroxyl groups is 2. The highest BCUT2D eigenvalue weighted by Gasteiger charge is 2.36. The highest BCUT2D eigenvalue weighted by atomic mass is 16.6. The van der Waals surface area contributed by atoms with E-state index in [4.69, 9.17) is 52.1 Å². The second kappa shape index (κ2) is 70.9. The Morgan fingerprint density at radius 3 is 0.985 bits per heavy atom. The molecule has 1 rings (SSSR count). The van der Waals surface area contributed by atoms with Gasteiger partial charge in [-0.25, -0.2) is 4.79 Å². The van der Waals surface area contributed by atoms with E-state index in [9.17, 15) is 72.5 Å². The first-order valence-corrected chi connectivity index (χ1v) is 48.4. The Morgan fingerprint density at radius 1 is 0.318 bits per heavy atom. The maximum absolute atomic E-state index is 14.0. The van der Waals surface area contributed by atoms with Crippen LogP contribution in [0.3, 0.4) is 0 Å². The average Bonchev–Trinajstić information content (AvgIpc) is 0.848. The lowest BCUT2D eigenvalue weighted by Crippen LogP contribution is -2.50. The van der Waals surface area contributed by atoms with Crippen molar-refractivity contribution in [3.63, 3.8) is 0 Å². The van der Waals surface area contributed by atoms with Gasteiger partial charge in [0.05, 0.1) is 143 Å². The molecule has 0 unspecified atom stereocenters. The average molecular weight is 1890 g/mol. The van der Waals surface area contributed by atoms with E-state index in [-0.39, 0.29) is 258 Å². The minimum atomic E-state index is -1.26. The van der Waals surface area contributed by atoms with Crippen LogP contribution in [0.4, 0.5) is 4.79 Å². The molecule has 1 saturated heterocycles. The van der Waals surface area contributed by atoms with E-state index < -0.39 is 83.2 Å². The van der Waals surface area contributed by atoms with Crippen LogP contribution in [0.2, 0.25) is 0 Å². The molecule has 0 saturated carbocycles. The number of aliphatic hydroxyl groups excluding tert-OH is 2. The van der Waals surface area contributed by atoms with Crippen LogP contribution in [-0.4, -0.2) is 358 Å². The van der Waals surface area contributed by atoms with E-state index in [1.807, 2.05) is 130 Å². The maximum atomic E-state index is 14.0.